The number of benzene rings is 1. The summed E-state index contributed by atoms with van der Waals surface area (Å²) in [5.74, 6) is -1.73. The molecule has 126 valence electrons. The van der Waals surface area contributed by atoms with Crippen molar-refractivity contribution in [3.05, 3.63) is 53.9 Å². The second-order valence-corrected chi connectivity index (χ2v) is 4.71. The van der Waals surface area contributed by atoms with Gasteiger partial charge in [-0.3, -0.25) is 14.6 Å². The molecule has 0 spiro atoms. The number of halogens is 3. The number of carbonyl (C=O) groups is 2. The quantitative estimate of drug-likeness (QED) is 0.779. The predicted molar refractivity (Wildman–Crippen MR) is 78.9 cm³/mol. The molecule has 0 bridgehead atoms. The van der Waals surface area contributed by atoms with Gasteiger partial charge in [-0.25, -0.2) is 0 Å². The maximum atomic E-state index is 12.6. The molecule has 2 rings (SSSR count). The van der Waals surface area contributed by atoms with Crippen LogP contribution in [-0.4, -0.2) is 28.5 Å². The lowest BCUT2D eigenvalue weighted by Gasteiger charge is -2.10. The number of pyridine rings is 1. The van der Waals surface area contributed by atoms with Crippen molar-refractivity contribution >= 4 is 23.3 Å². The van der Waals surface area contributed by atoms with E-state index in [4.69, 9.17) is 5.11 Å². The number of carboxylic acid groups (broad SMARTS) is 1. The molecule has 0 aliphatic rings. The van der Waals surface area contributed by atoms with E-state index in [1.54, 1.807) is 0 Å². The number of anilines is 2. The molecule has 3 N–H and O–H groups in total. The van der Waals surface area contributed by atoms with Crippen LogP contribution in [0.25, 0.3) is 0 Å². The maximum absolute atomic E-state index is 12.6. The lowest BCUT2D eigenvalue weighted by atomic mass is 10.2. The van der Waals surface area contributed by atoms with Crippen LogP contribution >= 0.6 is 0 Å². The topological polar surface area (TPSA) is 91.3 Å². The molecule has 6 nitrogen and oxygen atoms in total. The molecule has 0 radical (unpaired) electrons. The van der Waals surface area contributed by atoms with Gasteiger partial charge in [0.2, 0.25) is 0 Å². The second-order valence-electron chi connectivity index (χ2n) is 4.71. The summed E-state index contributed by atoms with van der Waals surface area (Å²) in [7, 11) is 0. The number of nitrogens with zero attached hydrogens (tertiary/aromatic N) is 1. The summed E-state index contributed by atoms with van der Waals surface area (Å²) in [6, 6.07) is 8.07. The average molecular weight is 339 g/mol. The third-order valence-electron chi connectivity index (χ3n) is 2.89. The first-order valence-corrected chi connectivity index (χ1v) is 6.66. The first-order valence-electron chi connectivity index (χ1n) is 6.66. The fourth-order valence-corrected chi connectivity index (χ4v) is 1.79. The van der Waals surface area contributed by atoms with Crippen molar-refractivity contribution in [1.82, 2.24) is 10.3 Å². The van der Waals surface area contributed by atoms with Gasteiger partial charge in [0.15, 0.2) is 0 Å². The number of aromatic nitrogens is 1. The van der Waals surface area contributed by atoms with Crippen LogP contribution < -0.4 is 10.6 Å². The van der Waals surface area contributed by atoms with Gasteiger partial charge in [-0.15, -0.1) is 0 Å². The summed E-state index contributed by atoms with van der Waals surface area (Å²) < 4.78 is 37.8. The predicted octanol–water partition coefficient (Wildman–Crippen LogP) is 2.66. The molecule has 2 aromatic rings. The Morgan fingerprint density at radius 2 is 1.75 bits per heavy atom. The highest BCUT2D eigenvalue weighted by molar-refractivity contribution is 5.96. The highest BCUT2D eigenvalue weighted by Crippen LogP contribution is 2.29. The monoisotopic (exact) mass is 339 g/mol. The van der Waals surface area contributed by atoms with Crippen molar-refractivity contribution in [3.63, 3.8) is 0 Å². The molecule has 1 aromatic heterocycles. The van der Waals surface area contributed by atoms with Gasteiger partial charge in [0.05, 0.1) is 0 Å². The Bertz CT molecular complexity index is 746. The van der Waals surface area contributed by atoms with Crippen molar-refractivity contribution in [2.45, 2.75) is 6.18 Å². The van der Waals surface area contributed by atoms with E-state index < -0.39 is 30.3 Å². The van der Waals surface area contributed by atoms with Crippen molar-refractivity contribution in [2.24, 2.45) is 0 Å². The molecule has 0 unspecified atom stereocenters. The van der Waals surface area contributed by atoms with Crippen molar-refractivity contribution in [3.8, 4) is 0 Å². The van der Waals surface area contributed by atoms with Crippen LogP contribution in [0.2, 0.25) is 0 Å². The Hall–Kier alpha value is -3.10. The minimum Gasteiger partial charge on any atom is -0.480 e. The number of alkyl halides is 3. The molecule has 1 aromatic carbocycles. The number of amides is 1. The molecule has 1 amide bonds. The molecular weight excluding hydrogens is 327 g/mol. The SMILES string of the molecule is O=C(O)CNC(=O)c1ccc(Nc2ccnc(C(F)(F)F)c2)cc1. The number of carbonyl (C=O) groups excluding carboxylic acids is 1. The summed E-state index contributed by atoms with van der Waals surface area (Å²) in [5, 5.41) is 13.5. The third-order valence-corrected chi connectivity index (χ3v) is 2.89. The molecule has 0 saturated carbocycles. The first kappa shape index (κ1) is 17.3. The van der Waals surface area contributed by atoms with Crippen LogP contribution in [0.3, 0.4) is 0 Å². The minimum absolute atomic E-state index is 0.195. The van der Waals surface area contributed by atoms with Gasteiger partial charge < -0.3 is 15.7 Å². The number of aliphatic carboxylic acids is 1. The third kappa shape index (κ3) is 4.70. The van der Waals surface area contributed by atoms with Gasteiger partial charge in [0, 0.05) is 23.1 Å². The zero-order valence-corrected chi connectivity index (χ0v) is 12.1. The molecule has 9 heteroatoms. The van der Waals surface area contributed by atoms with Gasteiger partial charge in [-0.2, -0.15) is 13.2 Å². The van der Waals surface area contributed by atoms with E-state index in [0.29, 0.717) is 5.69 Å². The standard InChI is InChI=1S/C15H12F3N3O3/c16-15(17,18)12-7-11(5-6-19-12)21-10-3-1-9(2-4-10)14(24)20-8-13(22)23/h1-7H,8H2,(H,19,21)(H,20,24)(H,22,23). The fourth-order valence-electron chi connectivity index (χ4n) is 1.79. The van der Waals surface area contributed by atoms with Gasteiger partial charge in [-0.1, -0.05) is 0 Å². The average Bonchev–Trinajstić information content (AvgIpc) is 2.53. The van der Waals surface area contributed by atoms with E-state index in [1.807, 2.05) is 0 Å². The van der Waals surface area contributed by atoms with Crippen molar-refractivity contribution in [1.29, 1.82) is 0 Å². The van der Waals surface area contributed by atoms with Crippen molar-refractivity contribution < 1.29 is 27.9 Å². The van der Waals surface area contributed by atoms with Gasteiger partial charge >= 0.3 is 12.1 Å². The Labute approximate surface area is 134 Å². The minimum atomic E-state index is -4.54. The highest BCUT2D eigenvalue weighted by atomic mass is 19.4. The van der Waals surface area contributed by atoms with Crippen LogP contribution in [0.5, 0.6) is 0 Å². The normalized spacial score (nSPS) is 11.0. The molecule has 0 aliphatic heterocycles. The van der Waals surface area contributed by atoms with Crippen LogP contribution in [0.15, 0.2) is 42.6 Å². The van der Waals surface area contributed by atoms with Gasteiger partial charge in [0.25, 0.3) is 5.91 Å². The fraction of sp³-hybridized carbons (Fsp3) is 0.133. The summed E-state index contributed by atoms with van der Waals surface area (Å²) in [6.45, 7) is -0.504. The summed E-state index contributed by atoms with van der Waals surface area (Å²) >= 11 is 0. The molecule has 0 atom stereocenters. The zero-order chi connectivity index (χ0) is 17.7. The van der Waals surface area contributed by atoms with Crippen LogP contribution in [0, 0.1) is 0 Å². The van der Waals surface area contributed by atoms with E-state index in [1.165, 1.54) is 30.3 Å². The largest absolute Gasteiger partial charge is 0.480 e. The Balaban J connectivity index is 2.07. The van der Waals surface area contributed by atoms with E-state index in [9.17, 15) is 22.8 Å². The molecule has 24 heavy (non-hydrogen) atoms. The number of rotatable bonds is 5. The number of nitrogens with one attached hydrogen (secondary N) is 2. The Morgan fingerprint density at radius 3 is 2.33 bits per heavy atom. The van der Waals surface area contributed by atoms with Crippen molar-refractivity contribution in [2.75, 3.05) is 11.9 Å². The number of hydrogen-bond donors (Lipinski definition) is 3. The molecule has 0 saturated heterocycles. The van der Waals surface area contributed by atoms with Crippen LogP contribution in [0.1, 0.15) is 16.1 Å². The molecule has 0 fully saturated rings. The van der Waals surface area contributed by atoms with E-state index in [-0.39, 0.29) is 11.3 Å². The second kappa shape index (κ2) is 6.99. The van der Waals surface area contributed by atoms with Gasteiger partial charge in [0.1, 0.15) is 12.2 Å². The lowest BCUT2D eigenvalue weighted by Crippen LogP contribution is -2.29. The highest BCUT2D eigenvalue weighted by Gasteiger charge is 2.32. The van der Waals surface area contributed by atoms with Crippen LogP contribution in [-0.2, 0) is 11.0 Å². The molecule has 0 aliphatic carbocycles. The van der Waals surface area contributed by atoms with E-state index >= 15 is 0 Å². The summed E-state index contributed by atoms with van der Waals surface area (Å²) in [5.41, 5.74) is -0.130. The summed E-state index contributed by atoms with van der Waals surface area (Å²) in [6.07, 6.45) is -3.50. The maximum Gasteiger partial charge on any atom is 0.433 e. The number of carboxylic acids is 1. The van der Waals surface area contributed by atoms with E-state index in [2.05, 4.69) is 15.6 Å². The van der Waals surface area contributed by atoms with Crippen LogP contribution in [0.4, 0.5) is 24.5 Å². The Morgan fingerprint density at radius 1 is 1.08 bits per heavy atom. The first-order chi connectivity index (χ1) is 11.3. The zero-order valence-electron chi connectivity index (χ0n) is 12.1. The molecule has 1 heterocycles. The summed E-state index contributed by atoms with van der Waals surface area (Å²) in [4.78, 5) is 25.3. The van der Waals surface area contributed by atoms with Gasteiger partial charge in [-0.05, 0) is 36.4 Å². The van der Waals surface area contributed by atoms with E-state index in [0.717, 1.165) is 12.3 Å². The molecular formula is C15H12F3N3O3. The smallest absolute Gasteiger partial charge is 0.433 e. The Kier molecular flexibility index (Phi) is 5.02. The number of hydrogen-bond acceptors (Lipinski definition) is 4. The lowest BCUT2D eigenvalue weighted by molar-refractivity contribution is -0.141.